The van der Waals surface area contributed by atoms with Crippen LogP contribution in [0.5, 0.6) is 5.75 Å². The fourth-order valence-electron chi connectivity index (χ4n) is 3.02. The molecule has 9 heteroatoms. The van der Waals surface area contributed by atoms with Crippen molar-refractivity contribution in [2.75, 3.05) is 24.3 Å². The van der Waals surface area contributed by atoms with Crippen LogP contribution in [-0.4, -0.2) is 29.6 Å². The standard InChI is InChI=1S/C22H28N4O4S/c1-14(8-11-20(27)25-21-15(2)6-5-7-16(21)3)13-23-22(31)24-18-10-9-17(30-4)12-19(18)26(28)29/h5-7,9-10,12,14H,8,11,13H2,1-4H3,(H,25,27)(H2,23,24,31)/t14-/m1/s1. The van der Waals surface area contributed by atoms with Crippen molar-refractivity contribution in [2.45, 2.75) is 33.6 Å². The molecule has 2 aromatic carbocycles. The fraction of sp³-hybridized carbons (Fsp3) is 0.364. The summed E-state index contributed by atoms with van der Waals surface area (Å²) in [6.07, 6.45) is 1.07. The van der Waals surface area contributed by atoms with E-state index in [1.807, 2.05) is 39.0 Å². The molecular formula is C22H28N4O4S. The number of ether oxygens (including phenoxy) is 1. The SMILES string of the molecule is COc1ccc(NC(=S)NC[C@H](C)CCC(=O)Nc2c(C)cccc2C)c([N+](=O)[O-])c1. The van der Waals surface area contributed by atoms with Crippen LogP contribution in [0.25, 0.3) is 0 Å². The number of benzene rings is 2. The van der Waals surface area contributed by atoms with E-state index in [1.54, 1.807) is 12.1 Å². The highest BCUT2D eigenvalue weighted by Gasteiger charge is 2.16. The first-order chi connectivity index (χ1) is 14.7. The van der Waals surface area contributed by atoms with Gasteiger partial charge in [-0.1, -0.05) is 25.1 Å². The third-order valence-corrected chi connectivity index (χ3v) is 5.12. The molecule has 0 saturated heterocycles. The average Bonchev–Trinajstić information content (AvgIpc) is 2.73. The molecule has 8 nitrogen and oxygen atoms in total. The van der Waals surface area contributed by atoms with Gasteiger partial charge in [-0.3, -0.25) is 14.9 Å². The zero-order chi connectivity index (χ0) is 23.0. The molecule has 0 aromatic heterocycles. The largest absolute Gasteiger partial charge is 0.496 e. The first-order valence-electron chi connectivity index (χ1n) is 9.94. The summed E-state index contributed by atoms with van der Waals surface area (Å²) < 4.78 is 5.03. The smallest absolute Gasteiger partial charge is 0.296 e. The number of carbonyl (C=O) groups is 1. The predicted molar refractivity (Wildman–Crippen MR) is 127 cm³/mol. The maximum Gasteiger partial charge on any atom is 0.296 e. The number of nitrogens with one attached hydrogen (secondary N) is 3. The molecule has 0 spiro atoms. The van der Waals surface area contributed by atoms with Gasteiger partial charge in [-0.25, -0.2) is 0 Å². The van der Waals surface area contributed by atoms with Gasteiger partial charge in [0.2, 0.25) is 5.91 Å². The molecule has 0 unspecified atom stereocenters. The van der Waals surface area contributed by atoms with Gasteiger partial charge in [0, 0.05) is 18.7 Å². The lowest BCUT2D eigenvalue weighted by atomic mass is 10.0. The quantitative estimate of drug-likeness (QED) is 0.296. The molecule has 0 aliphatic rings. The summed E-state index contributed by atoms with van der Waals surface area (Å²) in [6, 6.07) is 10.4. The number of methoxy groups -OCH3 is 1. The Labute approximate surface area is 187 Å². The Bertz CT molecular complexity index is 944. The Hall–Kier alpha value is -3.20. The number of nitrogens with zero attached hydrogens (tertiary/aromatic N) is 1. The van der Waals surface area contributed by atoms with Gasteiger partial charge in [0.1, 0.15) is 11.4 Å². The van der Waals surface area contributed by atoms with Gasteiger partial charge in [0.15, 0.2) is 5.11 Å². The molecule has 1 amide bonds. The molecule has 1 atom stereocenters. The minimum atomic E-state index is -0.495. The monoisotopic (exact) mass is 444 g/mol. The number of rotatable bonds is 9. The second-order valence-electron chi connectivity index (χ2n) is 7.43. The minimum absolute atomic E-state index is 0.0289. The van der Waals surface area contributed by atoms with Gasteiger partial charge in [0.05, 0.1) is 18.1 Å². The highest BCUT2D eigenvalue weighted by atomic mass is 32.1. The molecule has 0 radical (unpaired) electrons. The lowest BCUT2D eigenvalue weighted by Gasteiger charge is -2.16. The zero-order valence-corrected chi connectivity index (χ0v) is 19.0. The van der Waals surface area contributed by atoms with Gasteiger partial charge in [-0.15, -0.1) is 0 Å². The second-order valence-corrected chi connectivity index (χ2v) is 7.84. The number of nitro benzene ring substituents is 1. The number of para-hydroxylation sites is 1. The van der Waals surface area contributed by atoms with Gasteiger partial charge >= 0.3 is 0 Å². The first-order valence-corrected chi connectivity index (χ1v) is 10.4. The third kappa shape index (κ3) is 7.21. The molecule has 0 saturated carbocycles. The molecule has 0 aliphatic heterocycles. The van der Waals surface area contributed by atoms with Gasteiger partial charge in [-0.05, 0) is 61.7 Å². The van der Waals surface area contributed by atoms with Crippen molar-refractivity contribution in [3.8, 4) is 5.75 Å². The lowest BCUT2D eigenvalue weighted by Crippen LogP contribution is -2.32. The summed E-state index contributed by atoms with van der Waals surface area (Å²) in [5.41, 5.74) is 3.09. The number of thiocarbonyl (C=S) groups is 1. The van der Waals surface area contributed by atoms with Crippen molar-refractivity contribution in [1.29, 1.82) is 0 Å². The predicted octanol–water partition coefficient (Wildman–Crippen LogP) is 4.56. The summed E-state index contributed by atoms with van der Waals surface area (Å²) >= 11 is 5.26. The highest BCUT2D eigenvalue weighted by molar-refractivity contribution is 7.80. The maximum atomic E-state index is 12.3. The average molecular weight is 445 g/mol. The van der Waals surface area contributed by atoms with Crippen LogP contribution in [0.15, 0.2) is 36.4 Å². The van der Waals surface area contributed by atoms with E-state index in [0.717, 1.165) is 16.8 Å². The lowest BCUT2D eigenvalue weighted by molar-refractivity contribution is -0.384. The zero-order valence-electron chi connectivity index (χ0n) is 18.2. The van der Waals surface area contributed by atoms with Crippen LogP contribution in [0.1, 0.15) is 30.9 Å². The number of nitro groups is 1. The van der Waals surface area contributed by atoms with Crippen molar-refractivity contribution >= 4 is 40.3 Å². The van der Waals surface area contributed by atoms with E-state index in [4.69, 9.17) is 17.0 Å². The number of amides is 1. The summed E-state index contributed by atoms with van der Waals surface area (Å²) in [7, 11) is 1.45. The van der Waals surface area contributed by atoms with Crippen molar-refractivity contribution < 1.29 is 14.5 Å². The van der Waals surface area contributed by atoms with Crippen LogP contribution < -0.4 is 20.7 Å². The summed E-state index contributed by atoms with van der Waals surface area (Å²) in [5.74, 6) is 0.539. The van der Waals surface area contributed by atoms with Crippen LogP contribution in [0.3, 0.4) is 0 Å². The van der Waals surface area contributed by atoms with Crippen LogP contribution in [-0.2, 0) is 4.79 Å². The van der Waals surface area contributed by atoms with Crippen molar-refractivity contribution in [1.82, 2.24) is 5.32 Å². The molecule has 0 heterocycles. The number of hydrogen-bond acceptors (Lipinski definition) is 5. The molecular weight excluding hydrogens is 416 g/mol. The molecule has 2 aromatic rings. The Morgan fingerprint density at radius 1 is 1.19 bits per heavy atom. The molecule has 0 fully saturated rings. The summed E-state index contributed by atoms with van der Waals surface area (Å²) in [4.78, 5) is 23.1. The van der Waals surface area contributed by atoms with Crippen LogP contribution in [0.2, 0.25) is 0 Å². The Balaban J connectivity index is 1.81. The van der Waals surface area contributed by atoms with Gasteiger partial charge < -0.3 is 20.7 Å². The van der Waals surface area contributed by atoms with E-state index >= 15 is 0 Å². The Morgan fingerprint density at radius 3 is 2.48 bits per heavy atom. The third-order valence-electron chi connectivity index (χ3n) is 4.87. The fourth-order valence-corrected chi connectivity index (χ4v) is 3.22. The highest BCUT2D eigenvalue weighted by Crippen LogP contribution is 2.28. The van der Waals surface area contributed by atoms with E-state index in [9.17, 15) is 14.9 Å². The maximum absolute atomic E-state index is 12.3. The minimum Gasteiger partial charge on any atom is -0.496 e. The van der Waals surface area contributed by atoms with Crippen LogP contribution in [0, 0.1) is 29.9 Å². The number of hydrogen-bond donors (Lipinski definition) is 3. The molecule has 0 bridgehead atoms. The van der Waals surface area contributed by atoms with E-state index < -0.39 is 4.92 Å². The summed E-state index contributed by atoms with van der Waals surface area (Å²) in [6.45, 7) is 6.48. The molecule has 0 aliphatic carbocycles. The van der Waals surface area contributed by atoms with Crippen LogP contribution >= 0.6 is 12.2 Å². The Kier molecular flexibility index (Phi) is 8.75. The Morgan fingerprint density at radius 2 is 1.87 bits per heavy atom. The second kappa shape index (κ2) is 11.3. The first kappa shape index (κ1) is 24.1. The number of carbonyl (C=O) groups excluding carboxylic acids is 1. The van der Waals surface area contributed by atoms with Crippen molar-refractivity contribution in [2.24, 2.45) is 5.92 Å². The van der Waals surface area contributed by atoms with E-state index in [-0.39, 0.29) is 28.3 Å². The van der Waals surface area contributed by atoms with E-state index in [1.165, 1.54) is 13.2 Å². The van der Waals surface area contributed by atoms with E-state index in [0.29, 0.717) is 25.1 Å². The topological polar surface area (TPSA) is 106 Å². The van der Waals surface area contributed by atoms with Gasteiger partial charge in [-0.2, -0.15) is 0 Å². The van der Waals surface area contributed by atoms with Crippen LogP contribution in [0.4, 0.5) is 17.1 Å². The normalized spacial score (nSPS) is 11.4. The van der Waals surface area contributed by atoms with Crippen molar-refractivity contribution in [3.63, 3.8) is 0 Å². The van der Waals surface area contributed by atoms with Crippen molar-refractivity contribution in [3.05, 3.63) is 57.6 Å². The number of anilines is 2. The van der Waals surface area contributed by atoms with Gasteiger partial charge in [0.25, 0.3) is 5.69 Å². The van der Waals surface area contributed by atoms with E-state index in [2.05, 4.69) is 16.0 Å². The molecule has 31 heavy (non-hydrogen) atoms. The number of aryl methyl sites for hydroxylation is 2. The molecule has 2 rings (SSSR count). The summed E-state index contributed by atoms with van der Waals surface area (Å²) in [5, 5.41) is 20.4. The molecule has 166 valence electrons. The molecule has 3 N–H and O–H groups in total.